The molecule has 0 aromatic heterocycles. The first kappa shape index (κ1) is 22.0. The number of benzene rings is 1. The summed E-state index contributed by atoms with van der Waals surface area (Å²) in [6, 6.07) is 6.80. The molecule has 0 N–H and O–H groups in total. The first-order valence-corrected chi connectivity index (χ1v) is 10.5. The van der Waals surface area contributed by atoms with Gasteiger partial charge in [-0.05, 0) is 30.5 Å². The fourth-order valence-corrected chi connectivity index (χ4v) is 4.92. The van der Waals surface area contributed by atoms with Crippen LogP contribution in [-0.2, 0) is 11.3 Å². The summed E-state index contributed by atoms with van der Waals surface area (Å²) >= 11 is 1.74. The van der Waals surface area contributed by atoms with E-state index in [1.807, 2.05) is 11.9 Å². The molecule has 3 rings (SSSR count). The third kappa shape index (κ3) is 5.85. The quantitative estimate of drug-likeness (QED) is 0.672. The smallest absolute Gasteiger partial charge is 0.221 e. The molecule has 27 heavy (non-hydrogen) atoms. The molecule has 0 spiro atoms. The van der Waals surface area contributed by atoms with Crippen molar-refractivity contribution in [1.82, 2.24) is 9.80 Å². The van der Waals surface area contributed by atoms with Gasteiger partial charge in [0.05, 0.1) is 6.04 Å². The number of nitrogens with zero attached hydrogens (tertiary/aromatic N) is 3. The summed E-state index contributed by atoms with van der Waals surface area (Å²) in [5, 5.41) is 1.05. The minimum Gasteiger partial charge on any atom is -0.333 e. The van der Waals surface area contributed by atoms with E-state index < -0.39 is 0 Å². The Morgan fingerprint density at radius 3 is 2.44 bits per heavy atom. The topological polar surface area (TPSA) is 35.9 Å². The van der Waals surface area contributed by atoms with Crippen molar-refractivity contribution < 1.29 is 9.18 Å². The van der Waals surface area contributed by atoms with Gasteiger partial charge in [0.25, 0.3) is 0 Å². The summed E-state index contributed by atoms with van der Waals surface area (Å²) in [6.07, 6.45) is 7.52. The molecule has 2 fully saturated rings. The zero-order chi connectivity index (χ0) is 18.5. The number of thioether (sulfide) groups is 1. The Morgan fingerprint density at radius 1 is 1.22 bits per heavy atom. The number of carbonyl (C=O) groups is 1. The number of hydrogen-bond donors (Lipinski definition) is 0. The lowest BCUT2D eigenvalue weighted by molar-refractivity contribution is -0.133. The highest BCUT2D eigenvalue weighted by Crippen LogP contribution is 2.29. The van der Waals surface area contributed by atoms with Crippen molar-refractivity contribution >= 4 is 35.2 Å². The van der Waals surface area contributed by atoms with Gasteiger partial charge in [-0.2, -0.15) is 0 Å². The predicted molar refractivity (Wildman–Crippen MR) is 113 cm³/mol. The number of amides is 1. The van der Waals surface area contributed by atoms with Gasteiger partial charge >= 0.3 is 0 Å². The molecule has 1 aliphatic heterocycles. The van der Waals surface area contributed by atoms with Gasteiger partial charge in [-0.1, -0.05) is 49.6 Å². The third-order valence-electron chi connectivity index (χ3n) is 5.26. The summed E-state index contributed by atoms with van der Waals surface area (Å²) in [6.45, 7) is 2.09. The Hall–Kier alpha value is -1.27. The summed E-state index contributed by atoms with van der Waals surface area (Å²) < 4.78 is 13.1. The van der Waals surface area contributed by atoms with Crippen LogP contribution in [0.3, 0.4) is 0 Å². The van der Waals surface area contributed by atoms with Crippen LogP contribution in [0, 0.1) is 5.82 Å². The first-order chi connectivity index (χ1) is 12.5. The molecule has 1 aromatic carbocycles. The fourth-order valence-electron chi connectivity index (χ4n) is 3.67. The molecular formula is C20H29ClFN3OS. The van der Waals surface area contributed by atoms with E-state index in [0.29, 0.717) is 12.6 Å². The second kappa shape index (κ2) is 10.3. The zero-order valence-corrected chi connectivity index (χ0v) is 17.7. The molecule has 1 saturated carbocycles. The molecule has 1 amide bonds. The lowest BCUT2D eigenvalue weighted by atomic mass is 10.1. The summed E-state index contributed by atoms with van der Waals surface area (Å²) in [7, 11) is 2.03. The highest BCUT2D eigenvalue weighted by atomic mass is 35.5. The van der Waals surface area contributed by atoms with Crippen LogP contribution in [0.1, 0.15) is 51.0 Å². The van der Waals surface area contributed by atoms with Gasteiger partial charge < -0.3 is 9.80 Å². The molecule has 0 radical (unpaired) electrons. The molecule has 0 bridgehead atoms. The van der Waals surface area contributed by atoms with Gasteiger partial charge in [-0.3, -0.25) is 9.79 Å². The average Bonchev–Trinajstić information content (AvgIpc) is 2.82. The molecule has 4 nitrogen and oxygen atoms in total. The molecule has 1 saturated heterocycles. The molecule has 150 valence electrons. The van der Waals surface area contributed by atoms with Crippen LogP contribution in [0.2, 0.25) is 0 Å². The Kier molecular flexibility index (Phi) is 8.42. The Morgan fingerprint density at radius 2 is 1.85 bits per heavy atom. The van der Waals surface area contributed by atoms with E-state index in [0.717, 1.165) is 16.5 Å². The predicted octanol–water partition coefficient (Wildman–Crippen LogP) is 4.68. The first-order valence-electron chi connectivity index (χ1n) is 9.49. The Labute approximate surface area is 172 Å². The van der Waals surface area contributed by atoms with E-state index in [-0.39, 0.29) is 30.3 Å². The maximum atomic E-state index is 13.1. The molecule has 7 heteroatoms. The van der Waals surface area contributed by atoms with E-state index in [2.05, 4.69) is 4.90 Å². The second-order valence-corrected chi connectivity index (χ2v) is 8.22. The van der Waals surface area contributed by atoms with E-state index in [4.69, 9.17) is 4.99 Å². The molecule has 1 heterocycles. The normalized spacial score (nSPS) is 22.4. The van der Waals surface area contributed by atoms with Crippen LogP contribution in [0.25, 0.3) is 0 Å². The second-order valence-electron chi connectivity index (χ2n) is 7.23. The maximum Gasteiger partial charge on any atom is 0.221 e. The number of rotatable bonds is 4. The average molecular weight is 414 g/mol. The molecule has 1 aromatic rings. The van der Waals surface area contributed by atoms with Crippen LogP contribution in [0.5, 0.6) is 0 Å². The standard InChI is InChI=1S/C20H28FN3OS.ClH/c1-15(25)24(13-16-9-11-17(21)12-10-16)19-14-26-20(23(19)2)22-18-7-5-3-4-6-8-18;/h9-12,18-19H,3-8,13-14H2,1-2H3;1H. The minimum atomic E-state index is -0.255. The maximum absolute atomic E-state index is 13.1. The van der Waals surface area contributed by atoms with Crippen LogP contribution < -0.4 is 0 Å². The minimum absolute atomic E-state index is 0. The zero-order valence-electron chi connectivity index (χ0n) is 16.1. The highest BCUT2D eigenvalue weighted by Gasteiger charge is 2.34. The third-order valence-corrected chi connectivity index (χ3v) is 6.37. The van der Waals surface area contributed by atoms with Crippen molar-refractivity contribution in [3.05, 3.63) is 35.6 Å². The molecule has 1 atom stereocenters. The number of amidine groups is 1. The van der Waals surface area contributed by atoms with Gasteiger partial charge in [0.15, 0.2) is 5.17 Å². The van der Waals surface area contributed by atoms with E-state index in [1.165, 1.54) is 50.7 Å². The summed E-state index contributed by atoms with van der Waals surface area (Å²) in [4.78, 5) is 21.3. The van der Waals surface area contributed by atoms with E-state index in [1.54, 1.807) is 30.8 Å². The molecular weight excluding hydrogens is 385 g/mol. The number of halogens is 2. The van der Waals surface area contributed by atoms with Crippen molar-refractivity contribution in [2.45, 2.75) is 64.2 Å². The fraction of sp³-hybridized carbons (Fsp3) is 0.600. The van der Waals surface area contributed by atoms with Gasteiger partial charge in [0.1, 0.15) is 12.0 Å². The molecule has 1 aliphatic carbocycles. The van der Waals surface area contributed by atoms with E-state index >= 15 is 0 Å². The molecule has 1 unspecified atom stereocenters. The van der Waals surface area contributed by atoms with Crippen molar-refractivity contribution in [1.29, 1.82) is 0 Å². The lowest BCUT2D eigenvalue weighted by Crippen LogP contribution is -2.47. The number of hydrogen-bond acceptors (Lipinski definition) is 3. The van der Waals surface area contributed by atoms with Crippen molar-refractivity contribution in [3.63, 3.8) is 0 Å². The van der Waals surface area contributed by atoms with Gasteiger partial charge in [-0.25, -0.2) is 4.39 Å². The largest absolute Gasteiger partial charge is 0.333 e. The van der Waals surface area contributed by atoms with Crippen LogP contribution in [0.15, 0.2) is 29.3 Å². The number of aliphatic imine (C=N–C) groups is 1. The van der Waals surface area contributed by atoms with Crippen molar-refractivity contribution in [2.24, 2.45) is 4.99 Å². The highest BCUT2D eigenvalue weighted by molar-refractivity contribution is 8.14. The van der Waals surface area contributed by atoms with Crippen molar-refractivity contribution in [2.75, 3.05) is 12.8 Å². The van der Waals surface area contributed by atoms with Crippen LogP contribution >= 0.6 is 24.2 Å². The SMILES string of the molecule is CC(=O)N(Cc1ccc(F)cc1)C1CSC(=NC2CCCCCC2)N1C.Cl. The monoisotopic (exact) mass is 413 g/mol. The summed E-state index contributed by atoms with van der Waals surface area (Å²) in [5.74, 6) is 0.597. The van der Waals surface area contributed by atoms with Crippen LogP contribution in [0.4, 0.5) is 4.39 Å². The molecule has 2 aliphatic rings. The van der Waals surface area contributed by atoms with E-state index in [9.17, 15) is 9.18 Å². The van der Waals surface area contributed by atoms with Crippen molar-refractivity contribution in [3.8, 4) is 0 Å². The van der Waals surface area contributed by atoms with Crippen LogP contribution in [-0.4, -0.2) is 45.9 Å². The number of carbonyl (C=O) groups excluding carboxylic acids is 1. The summed E-state index contributed by atoms with van der Waals surface area (Å²) in [5.41, 5.74) is 0.939. The lowest BCUT2D eigenvalue weighted by Gasteiger charge is -2.33. The van der Waals surface area contributed by atoms with Gasteiger partial charge in [0, 0.05) is 26.3 Å². The van der Waals surface area contributed by atoms with Gasteiger partial charge in [-0.15, -0.1) is 12.4 Å². The Balaban J connectivity index is 0.00000261. The van der Waals surface area contributed by atoms with Gasteiger partial charge in [0.2, 0.25) is 5.91 Å². The Bertz CT molecular complexity index is 647.